The van der Waals surface area contributed by atoms with Crippen molar-refractivity contribution in [3.8, 4) is 11.5 Å². The molecule has 6 heteroatoms. The second-order valence-electron chi connectivity index (χ2n) is 3.72. The number of phenols is 2. The number of phenolic OH excluding ortho intramolecular Hbond substituents is 2. The van der Waals surface area contributed by atoms with Crippen molar-refractivity contribution in [1.29, 1.82) is 0 Å². The summed E-state index contributed by atoms with van der Waals surface area (Å²) in [6.07, 6.45) is 0.0795. The minimum atomic E-state index is -1.39. The van der Waals surface area contributed by atoms with Crippen LogP contribution in [0.1, 0.15) is 12.5 Å². The van der Waals surface area contributed by atoms with E-state index < -0.39 is 11.5 Å². The van der Waals surface area contributed by atoms with Gasteiger partial charge in [-0.05, 0) is 24.6 Å². The van der Waals surface area contributed by atoms with Crippen molar-refractivity contribution in [1.82, 2.24) is 0 Å². The fourth-order valence-corrected chi connectivity index (χ4v) is 1.18. The second kappa shape index (κ2) is 5.05. The van der Waals surface area contributed by atoms with E-state index in [0.29, 0.717) is 5.56 Å². The summed E-state index contributed by atoms with van der Waals surface area (Å²) in [4.78, 5) is 10.7. The van der Waals surface area contributed by atoms with Crippen LogP contribution < -0.4 is 5.73 Å². The Morgan fingerprint density at radius 3 is 2.38 bits per heavy atom. The molecule has 1 aromatic rings. The number of benzene rings is 1. The predicted molar refractivity (Wildman–Crippen MR) is 61.0 cm³/mol. The molecular weight excluding hydrogens is 234 g/mol. The summed E-state index contributed by atoms with van der Waals surface area (Å²) in [6, 6.07) is 4.11. The lowest BCUT2D eigenvalue weighted by molar-refractivity contribution is -0.142. The maximum absolute atomic E-state index is 10.7. The Bertz CT molecular complexity index is 392. The molecule has 0 bridgehead atoms. The van der Waals surface area contributed by atoms with E-state index in [2.05, 4.69) is 0 Å². The number of hydrogen-bond donors (Lipinski definition) is 4. The Hall–Kier alpha value is -1.46. The molecule has 90 valence electrons. The average molecular weight is 248 g/mol. The molecule has 0 aliphatic rings. The standard InChI is InChI=1S/C10H13NO4.ClH/c1-10(11,9(14)15)5-6-2-3-7(12)8(13)4-6;/h2-4,12-13H,5,11H2,1H3,(H,14,15);1H/t10-;/m0./s1. The fraction of sp³-hybridized carbons (Fsp3) is 0.300. The van der Waals surface area contributed by atoms with Gasteiger partial charge in [-0.1, -0.05) is 6.07 Å². The largest absolute Gasteiger partial charge is 0.504 e. The van der Waals surface area contributed by atoms with Crippen LogP contribution in [0.15, 0.2) is 18.2 Å². The highest BCUT2D eigenvalue weighted by molar-refractivity contribution is 5.85. The van der Waals surface area contributed by atoms with Gasteiger partial charge in [0, 0.05) is 6.42 Å². The van der Waals surface area contributed by atoms with Gasteiger partial charge < -0.3 is 21.1 Å². The topological polar surface area (TPSA) is 104 Å². The summed E-state index contributed by atoms with van der Waals surface area (Å²) in [5.41, 5.74) is 4.70. The lowest BCUT2D eigenvalue weighted by Gasteiger charge is -2.19. The third kappa shape index (κ3) is 3.29. The van der Waals surface area contributed by atoms with Crippen LogP contribution in [0.2, 0.25) is 0 Å². The van der Waals surface area contributed by atoms with E-state index in [4.69, 9.17) is 15.9 Å². The molecule has 0 saturated carbocycles. The number of carboxylic acids is 1. The highest BCUT2D eigenvalue weighted by Crippen LogP contribution is 2.26. The van der Waals surface area contributed by atoms with Crippen LogP contribution in [0.4, 0.5) is 0 Å². The average Bonchev–Trinajstić information content (AvgIpc) is 2.10. The molecule has 0 heterocycles. The molecule has 0 radical (unpaired) electrons. The second-order valence-corrected chi connectivity index (χ2v) is 3.72. The van der Waals surface area contributed by atoms with Crippen LogP contribution in [-0.4, -0.2) is 26.8 Å². The molecule has 1 atom stereocenters. The van der Waals surface area contributed by atoms with Gasteiger partial charge >= 0.3 is 5.97 Å². The monoisotopic (exact) mass is 247 g/mol. The number of aliphatic carboxylic acids is 1. The normalized spacial score (nSPS) is 13.6. The van der Waals surface area contributed by atoms with Gasteiger partial charge in [0.15, 0.2) is 11.5 Å². The summed E-state index contributed by atoms with van der Waals surface area (Å²) in [5, 5.41) is 27.0. The SMILES string of the molecule is C[C@](N)(Cc1ccc(O)c(O)c1)C(=O)O.Cl. The van der Waals surface area contributed by atoms with Crippen molar-refractivity contribution >= 4 is 18.4 Å². The predicted octanol–water partition coefficient (Wildman–Crippen LogP) is 0.864. The van der Waals surface area contributed by atoms with Gasteiger partial charge in [-0.25, -0.2) is 0 Å². The van der Waals surface area contributed by atoms with Crippen LogP contribution >= 0.6 is 12.4 Å². The zero-order chi connectivity index (χ0) is 11.6. The van der Waals surface area contributed by atoms with Crippen molar-refractivity contribution in [3.05, 3.63) is 23.8 Å². The van der Waals surface area contributed by atoms with Crippen molar-refractivity contribution in [2.75, 3.05) is 0 Å². The molecule has 0 aliphatic carbocycles. The first-order chi connectivity index (χ1) is 6.83. The van der Waals surface area contributed by atoms with Crippen LogP contribution in [0, 0.1) is 0 Å². The number of carboxylic acid groups (broad SMARTS) is 1. The van der Waals surface area contributed by atoms with Crippen LogP contribution in [0.25, 0.3) is 0 Å². The molecule has 0 aliphatic heterocycles. The molecule has 5 nitrogen and oxygen atoms in total. The van der Waals surface area contributed by atoms with Gasteiger partial charge in [-0.3, -0.25) is 4.79 Å². The molecule has 16 heavy (non-hydrogen) atoms. The Labute approximate surface area is 98.9 Å². The van der Waals surface area contributed by atoms with Gasteiger partial charge in [0.25, 0.3) is 0 Å². The number of carbonyl (C=O) groups is 1. The van der Waals surface area contributed by atoms with E-state index in [9.17, 15) is 9.90 Å². The molecule has 1 aromatic carbocycles. The van der Waals surface area contributed by atoms with Crippen molar-refractivity contribution in [2.45, 2.75) is 18.9 Å². The van der Waals surface area contributed by atoms with Gasteiger partial charge in [0.1, 0.15) is 5.54 Å². The molecular formula is C10H14ClNO4. The fourth-order valence-electron chi connectivity index (χ4n) is 1.18. The van der Waals surface area contributed by atoms with E-state index in [-0.39, 0.29) is 30.3 Å². The lowest BCUT2D eigenvalue weighted by Crippen LogP contribution is -2.46. The number of hydrogen-bond acceptors (Lipinski definition) is 4. The van der Waals surface area contributed by atoms with Crippen molar-refractivity contribution in [2.24, 2.45) is 5.73 Å². The summed E-state index contributed by atoms with van der Waals surface area (Å²) < 4.78 is 0. The molecule has 0 spiro atoms. The minimum absolute atomic E-state index is 0. The highest BCUT2D eigenvalue weighted by atomic mass is 35.5. The maximum Gasteiger partial charge on any atom is 0.323 e. The maximum atomic E-state index is 10.7. The summed E-state index contributed by atoms with van der Waals surface area (Å²) >= 11 is 0. The summed E-state index contributed by atoms with van der Waals surface area (Å²) in [6.45, 7) is 1.39. The molecule has 1 rings (SSSR count). The first-order valence-corrected chi connectivity index (χ1v) is 4.36. The van der Waals surface area contributed by atoms with E-state index >= 15 is 0 Å². The van der Waals surface area contributed by atoms with E-state index in [1.54, 1.807) is 0 Å². The Balaban J connectivity index is 0.00000225. The smallest absolute Gasteiger partial charge is 0.323 e. The molecule has 5 N–H and O–H groups in total. The quantitative estimate of drug-likeness (QED) is 0.593. The van der Waals surface area contributed by atoms with Gasteiger partial charge in [0.2, 0.25) is 0 Å². The third-order valence-corrected chi connectivity index (χ3v) is 2.10. The van der Waals surface area contributed by atoms with E-state index in [1.165, 1.54) is 25.1 Å². The van der Waals surface area contributed by atoms with Gasteiger partial charge in [-0.2, -0.15) is 0 Å². The molecule has 0 amide bonds. The van der Waals surface area contributed by atoms with Gasteiger partial charge in [-0.15, -0.1) is 12.4 Å². The Kier molecular flexibility index (Phi) is 4.59. The lowest BCUT2D eigenvalue weighted by atomic mass is 9.94. The Morgan fingerprint density at radius 2 is 1.94 bits per heavy atom. The molecule has 0 unspecified atom stereocenters. The van der Waals surface area contributed by atoms with Crippen molar-refractivity contribution in [3.63, 3.8) is 0 Å². The number of aromatic hydroxyl groups is 2. The molecule has 0 saturated heterocycles. The molecule has 0 fully saturated rings. The van der Waals surface area contributed by atoms with Crippen LogP contribution in [0.5, 0.6) is 11.5 Å². The van der Waals surface area contributed by atoms with Crippen LogP contribution in [0.3, 0.4) is 0 Å². The number of halogens is 1. The van der Waals surface area contributed by atoms with Crippen LogP contribution in [-0.2, 0) is 11.2 Å². The van der Waals surface area contributed by atoms with Crippen molar-refractivity contribution < 1.29 is 20.1 Å². The van der Waals surface area contributed by atoms with Gasteiger partial charge in [0.05, 0.1) is 0 Å². The number of rotatable bonds is 3. The number of nitrogens with two attached hydrogens (primary N) is 1. The zero-order valence-corrected chi connectivity index (χ0v) is 9.49. The third-order valence-electron chi connectivity index (χ3n) is 2.10. The minimum Gasteiger partial charge on any atom is -0.504 e. The zero-order valence-electron chi connectivity index (χ0n) is 8.67. The summed E-state index contributed by atoms with van der Waals surface area (Å²) in [5.74, 6) is -1.64. The first kappa shape index (κ1) is 14.5. The first-order valence-electron chi connectivity index (χ1n) is 4.36. The molecule has 0 aromatic heterocycles. The van der Waals surface area contributed by atoms with E-state index in [1.807, 2.05) is 0 Å². The Morgan fingerprint density at radius 1 is 1.38 bits per heavy atom. The highest BCUT2D eigenvalue weighted by Gasteiger charge is 2.28. The van der Waals surface area contributed by atoms with E-state index in [0.717, 1.165) is 0 Å². The summed E-state index contributed by atoms with van der Waals surface area (Å²) in [7, 11) is 0.